The Morgan fingerprint density at radius 1 is 1.14 bits per heavy atom. The molecule has 5 nitrogen and oxygen atoms in total. The van der Waals surface area contributed by atoms with Crippen LogP contribution >= 0.6 is 11.8 Å². The van der Waals surface area contributed by atoms with Gasteiger partial charge < -0.3 is 10.6 Å². The topological polar surface area (TPSA) is 67.4 Å². The molecule has 0 spiro atoms. The first-order valence-corrected chi connectivity index (χ1v) is 10.6. The molecular weight excluding hydrogens is 366 g/mol. The van der Waals surface area contributed by atoms with Gasteiger partial charge in [-0.15, -0.1) is 0 Å². The number of aromatic nitrogens is 2. The lowest BCUT2D eigenvalue weighted by molar-refractivity contribution is 0.371. The van der Waals surface area contributed by atoms with Crippen LogP contribution in [-0.4, -0.2) is 21.7 Å². The molecule has 1 aliphatic heterocycles. The number of aliphatic imine (C=N–C) groups is 1. The number of anilines is 1. The fourth-order valence-electron chi connectivity index (χ4n) is 3.84. The summed E-state index contributed by atoms with van der Waals surface area (Å²) in [6.07, 6.45) is 3.46. The second-order valence-electron chi connectivity index (χ2n) is 8.59. The van der Waals surface area contributed by atoms with Gasteiger partial charge in [0.2, 0.25) is 0 Å². The quantitative estimate of drug-likeness (QED) is 0.735. The van der Waals surface area contributed by atoms with E-state index in [1.54, 1.807) is 18.1 Å². The average Bonchev–Trinajstić information content (AvgIpc) is 2.64. The molecule has 2 aromatic rings. The highest BCUT2D eigenvalue weighted by Crippen LogP contribution is 2.49. The summed E-state index contributed by atoms with van der Waals surface area (Å²) in [4.78, 5) is 17.6. The van der Waals surface area contributed by atoms with Gasteiger partial charge in [0.15, 0.2) is 5.82 Å². The smallest absolute Gasteiger partial charge is 0.159 e. The van der Waals surface area contributed by atoms with E-state index >= 15 is 0 Å². The molecule has 0 saturated heterocycles. The van der Waals surface area contributed by atoms with Gasteiger partial charge in [0.25, 0.3) is 0 Å². The Labute approximate surface area is 171 Å². The van der Waals surface area contributed by atoms with E-state index in [1.807, 2.05) is 6.07 Å². The molecule has 2 aliphatic rings. The summed E-state index contributed by atoms with van der Waals surface area (Å²) in [5.74, 6) is 0.893. The first kappa shape index (κ1) is 19.0. The Balaban J connectivity index is 1.77. The van der Waals surface area contributed by atoms with E-state index in [4.69, 9.17) is 10.7 Å². The van der Waals surface area contributed by atoms with Gasteiger partial charge in [-0.3, -0.25) is 0 Å². The van der Waals surface area contributed by atoms with Crippen molar-refractivity contribution < 1.29 is 0 Å². The summed E-state index contributed by atoms with van der Waals surface area (Å²) in [6.45, 7) is 9.66. The van der Waals surface area contributed by atoms with Gasteiger partial charge in [0.1, 0.15) is 17.0 Å². The van der Waals surface area contributed by atoms with Crippen LogP contribution in [0.25, 0.3) is 0 Å². The molecule has 6 heteroatoms. The number of nitrogens with two attached hydrogens (primary N) is 1. The van der Waals surface area contributed by atoms with Crippen LogP contribution in [-0.2, 0) is 6.54 Å². The molecule has 0 bridgehead atoms. The number of fused-ring (bicyclic) bond motifs is 2. The molecule has 1 aliphatic carbocycles. The number of benzene rings is 1. The fraction of sp³-hybridized carbons (Fsp3) is 0.409. The van der Waals surface area contributed by atoms with Crippen molar-refractivity contribution >= 4 is 29.0 Å². The minimum absolute atomic E-state index is 0.127. The van der Waals surface area contributed by atoms with Crippen LogP contribution in [0.15, 0.2) is 57.3 Å². The molecule has 28 heavy (non-hydrogen) atoms. The number of hydrogen-bond donors (Lipinski definition) is 1. The third-order valence-electron chi connectivity index (χ3n) is 5.17. The van der Waals surface area contributed by atoms with Crippen molar-refractivity contribution in [3.05, 3.63) is 52.8 Å². The SMILES string of the molecule is CC(C)N(Cc1ccccc1)c1ncnc2c1N=C1CC(C)(C)CC(N)=C1S2. The second kappa shape index (κ2) is 7.24. The van der Waals surface area contributed by atoms with Crippen molar-refractivity contribution in [2.75, 3.05) is 4.90 Å². The van der Waals surface area contributed by atoms with Crippen molar-refractivity contribution in [3.8, 4) is 0 Å². The largest absolute Gasteiger partial charge is 0.401 e. The normalized spacial score (nSPS) is 17.8. The summed E-state index contributed by atoms with van der Waals surface area (Å²) in [5.41, 5.74) is 10.7. The van der Waals surface area contributed by atoms with Gasteiger partial charge in [0, 0.05) is 18.3 Å². The third-order valence-corrected chi connectivity index (χ3v) is 6.37. The Bertz CT molecular complexity index is 947. The molecule has 0 amide bonds. The van der Waals surface area contributed by atoms with Gasteiger partial charge in [-0.2, -0.15) is 0 Å². The van der Waals surface area contributed by atoms with E-state index < -0.39 is 0 Å². The third kappa shape index (κ3) is 3.65. The number of allylic oxidation sites excluding steroid dienone is 2. The summed E-state index contributed by atoms with van der Waals surface area (Å²) >= 11 is 1.65. The molecule has 2 heterocycles. The van der Waals surface area contributed by atoms with E-state index in [2.05, 4.69) is 66.8 Å². The highest BCUT2D eigenvalue weighted by molar-refractivity contribution is 8.04. The zero-order valence-corrected chi connectivity index (χ0v) is 17.8. The average molecular weight is 394 g/mol. The zero-order valence-electron chi connectivity index (χ0n) is 16.9. The van der Waals surface area contributed by atoms with Gasteiger partial charge in [0.05, 0.1) is 10.6 Å². The van der Waals surface area contributed by atoms with E-state index in [1.165, 1.54) is 5.56 Å². The number of nitrogens with zero attached hydrogens (tertiary/aromatic N) is 4. The number of rotatable bonds is 4. The lowest BCUT2D eigenvalue weighted by Crippen LogP contribution is -2.32. The van der Waals surface area contributed by atoms with E-state index in [9.17, 15) is 0 Å². The Hall–Kier alpha value is -2.34. The number of thioether (sulfide) groups is 1. The van der Waals surface area contributed by atoms with Crippen LogP contribution in [0.4, 0.5) is 11.5 Å². The van der Waals surface area contributed by atoms with Crippen LogP contribution < -0.4 is 10.6 Å². The monoisotopic (exact) mass is 393 g/mol. The predicted molar refractivity (Wildman–Crippen MR) is 117 cm³/mol. The maximum absolute atomic E-state index is 6.39. The van der Waals surface area contributed by atoms with Crippen molar-refractivity contribution in [2.24, 2.45) is 16.1 Å². The van der Waals surface area contributed by atoms with E-state index in [0.717, 1.165) is 52.2 Å². The van der Waals surface area contributed by atoms with Gasteiger partial charge >= 0.3 is 0 Å². The van der Waals surface area contributed by atoms with Gasteiger partial charge in [-0.1, -0.05) is 55.9 Å². The van der Waals surface area contributed by atoms with Crippen molar-refractivity contribution in [3.63, 3.8) is 0 Å². The molecule has 1 aromatic carbocycles. The molecule has 1 aromatic heterocycles. The first-order valence-electron chi connectivity index (χ1n) is 9.74. The fourth-order valence-corrected chi connectivity index (χ4v) is 4.81. The molecule has 2 N–H and O–H groups in total. The summed E-state index contributed by atoms with van der Waals surface area (Å²) in [6, 6.07) is 10.8. The summed E-state index contributed by atoms with van der Waals surface area (Å²) in [5, 5.41) is 0.894. The van der Waals surface area contributed by atoms with Gasteiger partial charge in [-0.25, -0.2) is 15.0 Å². The molecule has 0 unspecified atom stereocenters. The van der Waals surface area contributed by atoms with Crippen molar-refractivity contribution in [1.29, 1.82) is 0 Å². The zero-order chi connectivity index (χ0) is 19.9. The predicted octanol–water partition coefficient (Wildman–Crippen LogP) is 5.06. The standard InChI is InChI=1S/C22H27N5S/c1-14(2)27(12-15-8-6-5-7-9-15)20-18-21(25-13-24-20)28-19-16(23)10-22(3,4)11-17(19)26-18/h5-9,13-14H,10-12,23H2,1-4H3. The molecule has 0 saturated carbocycles. The molecule has 0 radical (unpaired) electrons. The maximum Gasteiger partial charge on any atom is 0.159 e. The van der Waals surface area contributed by atoms with Crippen LogP contribution in [0.1, 0.15) is 46.1 Å². The molecule has 4 rings (SSSR count). The minimum Gasteiger partial charge on any atom is -0.401 e. The highest BCUT2D eigenvalue weighted by Gasteiger charge is 2.35. The molecule has 0 atom stereocenters. The maximum atomic E-state index is 6.39. The summed E-state index contributed by atoms with van der Waals surface area (Å²) in [7, 11) is 0. The Kier molecular flexibility index (Phi) is 4.91. The molecule has 146 valence electrons. The van der Waals surface area contributed by atoms with E-state index in [0.29, 0.717) is 0 Å². The lowest BCUT2D eigenvalue weighted by Gasteiger charge is -2.35. The van der Waals surface area contributed by atoms with Crippen LogP contribution in [0.2, 0.25) is 0 Å². The first-order chi connectivity index (χ1) is 13.3. The van der Waals surface area contributed by atoms with Crippen LogP contribution in [0, 0.1) is 5.41 Å². The van der Waals surface area contributed by atoms with Crippen LogP contribution in [0.5, 0.6) is 0 Å². The molecular formula is C22H27N5S. The van der Waals surface area contributed by atoms with E-state index in [-0.39, 0.29) is 11.5 Å². The lowest BCUT2D eigenvalue weighted by atomic mass is 9.78. The van der Waals surface area contributed by atoms with Crippen molar-refractivity contribution in [1.82, 2.24) is 9.97 Å². The highest BCUT2D eigenvalue weighted by atomic mass is 32.2. The van der Waals surface area contributed by atoms with Crippen LogP contribution in [0.3, 0.4) is 0 Å². The minimum atomic E-state index is 0.127. The van der Waals surface area contributed by atoms with Gasteiger partial charge in [-0.05, 0) is 37.7 Å². The Morgan fingerprint density at radius 2 is 1.89 bits per heavy atom. The molecule has 0 fully saturated rings. The number of hydrogen-bond acceptors (Lipinski definition) is 6. The van der Waals surface area contributed by atoms with Crippen molar-refractivity contribution in [2.45, 2.75) is 58.1 Å². The summed E-state index contributed by atoms with van der Waals surface area (Å²) < 4.78 is 0. The Morgan fingerprint density at radius 3 is 2.61 bits per heavy atom. The second-order valence-corrected chi connectivity index (χ2v) is 9.59.